The number of hydrogen-bond donors (Lipinski definition) is 0. The number of aryl methyl sites for hydroxylation is 1. The maximum atomic E-state index is 11.5. The first-order valence-electron chi connectivity index (χ1n) is 5.34. The monoisotopic (exact) mass is 297 g/mol. The molecule has 0 atom stereocenters. The van der Waals surface area contributed by atoms with Crippen molar-refractivity contribution in [2.45, 2.75) is 0 Å². The molecule has 3 rings (SSSR count). The summed E-state index contributed by atoms with van der Waals surface area (Å²) in [4.78, 5) is 15.5. The largest absolute Gasteiger partial charge is 0.311 e. The number of hydrogen-bond acceptors (Lipinski definition) is 2. The molecule has 0 spiro atoms. The average molecular weight is 298 g/mol. The Balaban J connectivity index is 0.000000902. The lowest BCUT2D eigenvalue weighted by molar-refractivity contribution is 0.905. The molecule has 0 bridgehead atoms. The van der Waals surface area contributed by atoms with Gasteiger partial charge >= 0.3 is 0 Å². The lowest BCUT2D eigenvalue weighted by Gasteiger charge is -2.07. The molecule has 1 aromatic carbocycles. The van der Waals surface area contributed by atoms with Crippen LogP contribution in [0.4, 0.5) is 0 Å². The van der Waals surface area contributed by atoms with Crippen LogP contribution in [-0.2, 0) is 7.05 Å². The quantitative estimate of drug-likeness (QED) is 0.692. The van der Waals surface area contributed by atoms with E-state index in [0.717, 1.165) is 16.6 Å². The summed E-state index contributed by atoms with van der Waals surface area (Å²) in [6.07, 6.45) is 5.39. The highest BCUT2D eigenvalue weighted by molar-refractivity contribution is 5.85. The summed E-state index contributed by atoms with van der Waals surface area (Å²) in [5.74, 6) is 0. The van der Waals surface area contributed by atoms with Crippen LogP contribution in [0.25, 0.3) is 16.6 Å². The van der Waals surface area contributed by atoms with Crippen molar-refractivity contribution >= 4 is 35.7 Å². The van der Waals surface area contributed by atoms with Gasteiger partial charge in [-0.25, -0.2) is 4.98 Å². The second-order valence-electron chi connectivity index (χ2n) is 3.94. The molecule has 6 heteroatoms. The first-order chi connectivity index (χ1) is 8.25. The van der Waals surface area contributed by atoms with Gasteiger partial charge in [-0.05, 0) is 24.3 Å². The van der Waals surface area contributed by atoms with Crippen LogP contribution in [0.2, 0.25) is 0 Å². The standard InChI is InChI=1S/C13H11N3O.2ClH/c1-15-12-4-3-11(16-7-6-14-9-16)8-10(12)2-5-13(15)17;;/h2-9H,1H3;2*1H. The minimum absolute atomic E-state index is 0. The lowest BCUT2D eigenvalue weighted by atomic mass is 10.2. The Hall–Kier alpha value is -1.78. The lowest BCUT2D eigenvalue weighted by Crippen LogP contribution is -2.14. The van der Waals surface area contributed by atoms with Gasteiger partial charge in [0.1, 0.15) is 0 Å². The normalized spacial score (nSPS) is 9.74. The van der Waals surface area contributed by atoms with Crippen molar-refractivity contribution < 1.29 is 0 Å². The highest BCUT2D eigenvalue weighted by Gasteiger charge is 2.01. The molecular weight excluding hydrogens is 285 g/mol. The van der Waals surface area contributed by atoms with Crippen molar-refractivity contribution in [1.29, 1.82) is 0 Å². The van der Waals surface area contributed by atoms with E-state index < -0.39 is 0 Å². The molecule has 100 valence electrons. The molecule has 0 aliphatic rings. The minimum Gasteiger partial charge on any atom is -0.311 e. The van der Waals surface area contributed by atoms with E-state index in [4.69, 9.17) is 0 Å². The van der Waals surface area contributed by atoms with E-state index in [1.165, 1.54) is 0 Å². The van der Waals surface area contributed by atoms with E-state index in [2.05, 4.69) is 4.98 Å². The van der Waals surface area contributed by atoms with E-state index in [1.54, 1.807) is 30.2 Å². The predicted molar refractivity (Wildman–Crippen MR) is 80.8 cm³/mol. The number of nitrogens with zero attached hydrogens (tertiary/aromatic N) is 3. The summed E-state index contributed by atoms with van der Waals surface area (Å²) in [5.41, 5.74) is 1.97. The van der Waals surface area contributed by atoms with Gasteiger partial charge in [-0.1, -0.05) is 0 Å². The fourth-order valence-electron chi connectivity index (χ4n) is 1.94. The summed E-state index contributed by atoms with van der Waals surface area (Å²) in [5, 5.41) is 1.04. The van der Waals surface area contributed by atoms with Gasteiger partial charge in [-0.3, -0.25) is 4.79 Å². The molecule has 2 aromatic heterocycles. The zero-order chi connectivity index (χ0) is 11.8. The van der Waals surface area contributed by atoms with E-state index >= 15 is 0 Å². The smallest absolute Gasteiger partial charge is 0.250 e. The van der Waals surface area contributed by atoms with Crippen LogP contribution >= 0.6 is 24.8 Å². The SMILES string of the molecule is Cl.Cl.Cn1c(=O)ccc2cc(-n3ccnc3)ccc21. The molecule has 0 aliphatic carbocycles. The van der Waals surface area contributed by atoms with Crippen molar-refractivity contribution in [3.05, 3.63) is 59.4 Å². The molecule has 0 N–H and O–H groups in total. The number of rotatable bonds is 1. The third kappa shape index (κ3) is 2.64. The first-order valence-corrected chi connectivity index (χ1v) is 5.34. The summed E-state index contributed by atoms with van der Waals surface area (Å²) >= 11 is 0. The molecule has 3 aromatic rings. The molecule has 0 unspecified atom stereocenters. The maximum absolute atomic E-state index is 11.5. The van der Waals surface area contributed by atoms with Gasteiger partial charge in [-0.2, -0.15) is 0 Å². The van der Waals surface area contributed by atoms with Gasteiger partial charge in [0.2, 0.25) is 0 Å². The first kappa shape index (κ1) is 15.3. The van der Waals surface area contributed by atoms with E-state index in [1.807, 2.05) is 35.0 Å². The van der Waals surface area contributed by atoms with Gasteiger partial charge in [0, 0.05) is 36.6 Å². The van der Waals surface area contributed by atoms with Crippen molar-refractivity contribution in [2.24, 2.45) is 7.05 Å². The number of fused-ring (bicyclic) bond motifs is 1. The van der Waals surface area contributed by atoms with Crippen molar-refractivity contribution in [3.8, 4) is 5.69 Å². The Kier molecular flexibility index (Phi) is 4.75. The van der Waals surface area contributed by atoms with Gasteiger partial charge in [-0.15, -0.1) is 24.8 Å². The van der Waals surface area contributed by atoms with Crippen molar-refractivity contribution in [3.63, 3.8) is 0 Å². The van der Waals surface area contributed by atoms with Crippen LogP contribution in [0.5, 0.6) is 0 Å². The zero-order valence-corrected chi connectivity index (χ0v) is 11.8. The van der Waals surface area contributed by atoms with Crippen LogP contribution in [0.1, 0.15) is 0 Å². The molecular formula is C13H13Cl2N3O. The van der Waals surface area contributed by atoms with Gasteiger partial charge in [0.15, 0.2) is 0 Å². The highest BCUT2D eigenvalue weighted by Crippen LogP contribution is 2.16. The fraction of sp³-hybridized carbons (Fsp3) is 0.0769. The van der Waals surface area contributed by atoms with Crippen LogP contribution in [-0.4, -0.2) is 14.1 Å². The summed E-state index contributed by atoms with van der Waals surface area (Å²) in [7, 11) is 1.78. The van der Waals surface area contributed by atoms with E-state index in [9.17, 15) is 4.79 Å². The molecule has 0 fully saturated rings. The summed E-state index contributed by atoms with van der Waals surface area (Å²) in [6, 6.07) is 9.39. The number of pyridine rings is 1. The molecule has 0 radical (unpaired) electrons. The Morgan fingerprint density at radius 1 is 1.11 bits per heavy atom. The van der Waals surface area contributed by atoms with E-state index in [0.29, 0.717) is 0 Å². The fourth-order valence-corrected chi connectivity index (χ4v) is 1.94. The molecule has 4 nitrogen and oxygen atoms in total. The minimum atomic E-state index is 0. The maximum Gasteiger partial charge on any atom is 0.250 e. The topological polar surface area (TPSA) is 39.8 Å². The molecule has 2 heterocycles. The predicted octanol–water partition coefficient (Wildman–Crippen LogP) is 2.57. The number of halogens is 2. The van der Waals surface area contributed by atoms with E-state index in [-0.39, 0.29) is 30.4 Å². The van der Waals surface area contributed by atoms with Gasteiger partial charge in [0.05, 0.1) is 11.8 Å². The number of benzene rings is 1. The van der Waals surface area contributed by atoms with Crippen molar-refractivity contribution in [1.82, 2.24) is 14.1 Å². The van der Waals surface area contributed by atoms with Gasteiger partial charge in [0.25, 0.3) is 5.56 Å². The van der Waals surface area contributed by atoms with Crippen LogP contribution in [0, 0.1) is 0 Å². The molecule has 0 saturated carbocycles. The number of imidazole rings is 1. The second kappa shape index (κ2) is 5.91. The van der Waals surface area contributed by atoms with Gasteiger partial charge < -0.3 is 9.13 Å². The summed E-state index contributed by atoms with van der Waals surface area (Å²) < 4.78 is 3.58. The third-order valence-corrected chi connectivity index (χ3v) is 2.91. The molecule has 0 amide bonds. The van der Waals surface area contributed by atoms with Crippen LogP contribution < -0.4 is 5.56 Å². The Labute approximate surface area is 122 Å². The highest BCUT2D eigenvalue weighted by atomic mass is 35.5. The number of aromatic nitrogens is 3. The molecule has 19 heavy (non-hydrogen) atoms. The molecule has 0 aliphatic heterocycles. The Morgan fingerprint density at radius 2 is 1.89 bits per heavy atom. The zero-order valence-electron chi connectivity index (χ0n) is 10.2. The second-order valence-corrected chi connectivity index (χ2v) is 3.94. The third-order valence-electron chi connectivity index (χ3n) is 2.91. The summed E-state index contributed by atoms with van der Waals surface area (Å²) in [6.45, 7) is 0. The Morgan fingerprint density at radius 3 is 2.58 bits per heavy atom. The molecule has 0 saturated heterocycles. The van der Waals surface area contributed by atoms with Crippen molar-refractivity contribution in [2.75, 3.05) is 0 Å². The van der Waals surface area contributed by atoms with Crippen LogP contribution in [0.15, 0.2) is 53.8 Å². The average Bonchev–Trinajstić information content (AvgIpc) is 2.87. The van der Waals surface area contributed by atoms with Crippen LogP contribution in [0.3, 0.4) is 0 Å². The Bertz CT molecular complexity index is 735.